The molecule has 2 heterocycles. The van der Waals surface area contributed by atoms with E-state index in [0.717, 1.165) is 0 Å². The van der Waals surface area contributed by atoms with E-state index in [1.54, 1.807) is 23.1 Å². The van der Waals surface area contributed by atoms with Gasteiger partial charge in [0, 0.05) is 17.8 Å². The summed E-state index contributed by atoms with van der Waals surface area (Å²) in [5, 5.41) is 4.77. The van der Waals surface area contributed by atoms with Crippen molar-refractivity contribution in [2.75, 3.05) is 43.1 Å². The topological polar surface area (TPSA) is 114 Å². The third kappa shape index (κ3) is 5.15. The number of terminal acetylenes is 1. The molecule has 1 atom stereocenters. The SMILES string of the molecule is C#CCN(CC(=O)NC(=O)Nc1ccc2c(c1)OCCO2)C1CCS(=O)(=O)C1. The number of fused-ring (bicyclic) bond motifs is 1. The van der Waals surface area contributed by atoms with Crippen LogP contribution in [-0.4, -0.2) is 69.1 Å². The Labute approximate surface area is 163 Å². The number of amides is 3. The molecular weight excluding hydrogens is 386 g/mol. The number of imide groups is 1. The first-order valence-electron chi connectivity index (χ1n) is 8.75. The Morgan fingerprint density at radius 1 is 1.25 bits per heavy atom. The lowest BCUT2D eigenvalue weighted by atomic mass is 10.2. The first kappa shape index (κ1) is 20.0. The largest absolute Gasteiger partial charge is 0.486 e. The number of nitrogens with one attached hydrogen (secondary N) is 2. The van der Waals surface area contributed by atoms with Gasteiger partial charge < -0.3 is 14.8 Å². The van der Waals surface area contributed by atoms with Crippen molar-refractivity contribution in [2.45, 2.75) is 12.5 Å². The quantitative estimate of drug-likeness (QED) is 0.672. The molecule has 2 aliphatic rings. The first-order chi connectivity index (χ1) is 13.4. The molecule has 150 valence electrons. The number of anilines is 1. The fourth-order valence-electron chi connectivity index (χ4n) is 3.13. The molecule has 0 bridgehead atoms. The molecule has 0 aliphatic carbocycles. The van der Waals surface area contributed by atoms with Crippen LogP contribution in [0, 0.1) is 12.3 Å². The van der Waals surface area contributed by atoms with Crippen LogP contribution in [-0.2, 0) is 14.6 Å². The molecule has 1 aromatic rings. The van der Waals surface area contributed by atoms with E-state index in [4.69, 9.17) is 15.9 Å². The predicted octanol–water partition coefficient (Wildman–Crippen LogP) is 0.228. The van der Waals surface area contributed by atoms with Gasteiger partial charge in [-0.1, -0.05) is 5.92 Å². The van der Waals surface area contributed by atoms with Gasteiger partial charge in [-0.25, -0.2) is 13.2 Å². The van der Waals surface area contributed by atoms with Gasteiger partial charge in [-0.15, -0.1) is 6.42 Å². The lowest BCUT2D eigenvalue weighted by Gasteiger charge is -2.25. The average molecular weight is 407 g/mol. The predicted molar refractivity (Wildman–Crippen MR) is 102 cm³/mol. The third-order valence-corrected chi connectivity index (χ3v) is 6.17. The molecule has 3 rings (SSSR count). The minimum absolute atomic E-state index is 0.0364. The van der Waals surface area contributed by atoms with Crippen LogP contribution in [0.2, 0.25) is 0 Å². The Hall–Kier alpha value is -2.77. The van der Waals surface area contributed by atoms with E-state index in [0.29, 0.717) is 36.8 Å². The van der Waals surface area contributed by atoms with Crippen molar-refractivity contribution < 1.29 is 27.5 Å². The maximum absolute atomic E-state index is 12.2. The van der Waals surface area contributed by atoms with Crippen LogP contribution in [0.1, 0.15) is 6.42 Å². The lowest BCUT2D eigenvalue weighted by Crippen LogP contribution is -2.46. The summed E-state index contributed by atoms with van der Waals surface area (Å²) in [7, 11) is -3.11. The number of carbonyl (C=O) groups excluding carboxylic acids is 2. The monoisotopic (exact) mass is 407 g/mol. The van der Waals surface area contributed by atoms with Crippen molar-refractivity contribution >= 4 is 27.5 Å². The summed E-state index contributed by atoms with van der Waals surface area (Å²) in [5.41, 5.74) is 0.442. The van der Waals surface area contributed by atoms with Crippen LogP contribution < -0.4 is 20.1 Å². The molecule has 0 radical (unpaired) electrons. The summed E-state index contributed by atoms with van der Waals surface area (Å²) in [6.07, 6.45) is 5.74. The van der Waals surface area contributed by atoms with E-state index < -0.39 is 21.8 Å². The molecule has 2 N–H and O–H groups in total. The molecule has 28 heavy (non-hydrogen) atoms. The molecule has 2 aliphatic heterocycles. The van der Waals surface area contributed by atoms with Crippen LogP contribution in [0.5, 0.6) is 11.5 Å². The highest BCUT2D eigenvalue weighted by Gasteiger charge is 2.32. The molecule has 0 aromatic heterocycles. The Bertz CT molecular complexity index is 908. The number of benzene rings is 1. The van der Waals surface area contributed by atoms with E-state index in [1.165, 1.54) is 0 Å². The second kappa shape index (κ2) is 8.50. The van der Waals surface area contributed by atoms with E-state index >= 15 is 0 Å². The van der Waals surface area contributed by atoms with Crippen LogP contribution in [0.3, 0.4) is 0 Å². The van der Waals surface area contributed by atoms with Crippen LogP contribution >= 0.6 is 0 Å². The van der Waals surface area contributed by atoms with Crippen molar-refractivity contribution in [3.63, 3.8) is 0 Å². The summed E-state index contributed by atoms with van der Waals surface area (Å²) in [5.74, 6) is 2.99. The number of sulfone groups is 1. The number of carbonyl (C=O) groups is 2. The highest BCUT2D eigenvalue weighted by Crippen LogP contribution is 2.32. The number of hydrogen-bond donors (Lipinski definition) is 2. The zero-order valence-electron chi connectivity index (χ0n) is 15.1. The van der Waals surface area contributed by atoms with Gasteiger partial charge in [-0.3, -0.25) is 15.0 Å². The van der Waals surface area contributed by atoms with E-state index in [-0.39, 0.29) is 30.6 Å². The second-order valence-corrected chi connectivity index (χ2v) is 8.76. The summed E-state index contributed by atoms with van der Waals surface area (Å²) >= 11 is 0. The Morgan fingerprint density at radius 3 is 2.68 bits per heavy atom. The molecule has 9 nitrogen and oxygen atoms in total. The molecule has 1 fully saturated rings. The van der Waals surface area contributed by atoms with Crippen molar-refractivity contribution in [3.05, 3.63) is 18.2 Å². The van der Waals surface area contributed by atoms with Gasteiger partial charge in [0.25, 0.3) is 0 Å². The summed E-state index contributed by atoms with van der Waals surface area (Å²) in [6, 6.07) is 3.87. The third-order valence-electron chi connectivity index (χ3n) is 4.42. The van der Waals surface area contributed by atoms with E-state index in [1.807, 2.05) is 0 Å². The van der Waals surface area contributed by atoms with Crippen molar-refractivity contribution in [3.8, 4) is 23.8 Å². The maximum atomic E-state index is 12.2. The molecule has 1 saturated heterocycles. The summed E-state index contributed by atoms with van der Waals surface area (Å²) in [4.78, 5) is 25.9. The molecule has 3 amide bonds. The fourth-order valence-corrected chi connectivity index (χ4v) is 4.89. The molecule has 10 heteroatoms. The minimum atomic E-state index is -3.11. The molecule has 0 saturated carbocycles. The van der Waals surface area contributed by atoms with Gasteiger partial charge in [-0.2, -0.15) is 0 Å². The first-order valence-corrected chi connectivity index (χ1v) is 10.6. The smallest absolute Gasteiger partial charge is 0.325 e. The zero-order chi connectivity index (χ0) is 20.1. The number of ether oxygens (including phenoxy) is 2. The van der Waals surface area contributed by atoms with Gasteiger partial charge in [0.15, 0.2) is 21.3 Å². The van der Waals surface area contributed by atoms with Crippen molar-refractivity contribution in [1.82, 2.24) is 10.2 Å². The Kier molecular flexibility index (Phi) is 6.06. The zero-order valence-corrected chi connectivity index (χ0v) is 16.0. The van der Waals surface area contributed by atoms with Gasteiger partial charge in [0.2, 0.25) is 5.91 Å². The second-order valence-electron chi connectivity index (χ2n) is 6.53. The number of urea groups is 1. The molecule has 0 spiro atoms. The molecular formula is C18H21N3O6S. The lowest BCUT2D eigenvalue weighted by molar-refractivity contribution is -0.121. The van der Waals surface area contributed by atoms with Crippen molar-refractivity contribution in [1.29, 1.82) is 0 Å². The van der Waals surface area contributed by atoms with Crippen LogP contribution in [0.4, 0.5) is 10.5 Å². The number of rotatable bonds is 5. The minimum Gasteiger partial charge on any atom is -0.486 e. The Balaban J connectivity index is 1.54. The maximum Gasteiger partial charge on any atom is 0.325 e. The molecule has 1 aromatic carbocycles. The standard InChI is InChI=1S/C18H21N3O6S/c1-2-6-21(14-5-9-28(24,25)12-14)11-17(22)20-18(23)19-13-3-4-15-16(10-13)27-8-7-26-15/h1,3-4,10,14H,5-9,11-12H2,(H2,19,20,22,23). The van der Waals surface area contributed by atoms with Gasteiger partial charge in [-0.05, 0) is 18.6 Å². The number of hydrogen-bond acceptors (Lipinski definition) is 7. The highest BCUT2D eigenvalue weighted by molar-refractivity contribution is 7.91. The van der Waals surface area contributed by atoms with Crippen LogP contribution in [0.25, 0.3) is 0 Å². The normalized spacial score (nSPS) is 19.6. The number of nitrogens with zero attached hydrogens (tertiary/aromatic N) is 1. The van der Waals surface area contributed by atoms with Crippen molar-refractivity contribution in [2.24, 2.45) is 0 Å². The van der Waals surface area contributed by atoms with Gasteiger partial charge >= 0.3 is 6.03 Å². The fraction of sp³-hybridized carbons (Fsp3) is 0.444. The summed E-state index contributed by atoms with van der Waals surface area (Å²) in [6.45, 7) is 0.838. The van der Waals surface area contributed by atoms with E-state index in [9.17, 15) is 18.0 Å². The Morgan fingerprint density at radius 2 is 2.00 bits per heavy atom. The molecule has 1 unspecified atom stereocenters. The van der Waals surface area contributed by atoms with Gasteiger partial charge in [0.05, 0.1) is 24.6 Å². The van der Waals surface area contributed by atoms with E-state index in [2.05, 4.69) is 16.6 Å². The van der Waals surface area contributed by atoms with Crippen LogP contribution in [0.15, 0.2) is 18.2 Å². The highest BCUT2D eigenvalue weighted by atomic mass is 32.2. The average Bonchev–Trinajstić information content (AvgIpc) is 3.01. The summed E-state index contributed by atoms with van der Waals surface area (Å²) < 4.78 is 34.2. The van der Waals surface area contributed by atoms with Gasteiger partial charge in [0.1, 0.15) is 13.2 Å².